The summed E-state index contributed by atoms with van der Waals surface area (Å²) in [6.45, 7) is 4.49. The molecule has 0 aromatic carbocycles. The molecule has 1 nitrogen and oxygen atoms in total. The first-order valence-electron chi connectivity index (χ1n) is 4.02. The van der Waals surface area contributed by atoms with E-state index in [2.05, 4.69) is 31.0 Å². The zero-order chi connectivity index (χ0) is 8.53. The Morgan fingerprint density at radius 1 is 1.55 bits per heavy atom. The second-order valence-corrected chi connectivity index (χ2v) is 7.46. The number of unbranched alkanes of at least 4 members (excludes halogenated alkanes) is 1. The highest BCUT2D eigenvalue weighted by molar-refractivity contribution is 8.55. The fraction of sp³-hybridized carbons (Fsp3) is 0.875. The minimum atomic E-state index is 0.0961. The lowest BCUT2D eigenvalue weighted by atomic mass is 10.4. The summed E-state index contributed by atoms with van der Waals surface area (Å²) in [6, 6.07) is 2.19. The van der Waals surface area contributed by atoms with Crippen molar-refractivity contribution < 1.29 is 0 Å². The third-order valence-electron chi connectivity index (χ3n) is 1.35. The zero-order valence-corrected chi connectivity index (χ0v) is 9.05. The molecule has 0 aromatic rings. The molecule has 11 heavy (non-hydrogen) atoms. The lowest BCUT2D eigenvalue weighted by Gasteiger charge is -2.07. The lowest BCUT2D eigenvalue weighted by Crippen LogP contribution is -1.80. The first-order chi connectivity index (χ1) is 5.31. The summed E-state index contributed by atoms with van der Waals surface area (Å²) in [6.07, 6.45) is 4.46. The molecule has 64 valence electrons. The van der Waals surface area contributed by atoms with E-state index in [0.717, 1.165) is 12.6 Å². The highest BCUT2D eigenvalue weighted by atomic mass is 32.7. The van der Waals surface area contributed by atoms with Crippen LogP contribution in [-0.2, 0) is 0 Å². The maximum Gasteiger partial charge on any atom is 0.0625 e. The van der Waals surface area contributed by atoms with Gasteiger partial charge in [-0.25, -0.2) is 0 Å². The van der Waals surface area contributed by atoms with Gasteiger partial charge in [-0.05, 0) is 32.1 Å². The van der Waals surface area contributed by atoms with Crippen molar-refractivity contribution in [1.82, 2.24) is 0 Å². The highest BCUT2D eigenvalue weighted by Gasteiger charge is 1.99. The van der Waals surface area contributed by atoms with E-state index in [-0.39, 0.29) is 7.12 Å². The summed E-state index contributed by atoms with van der Waals surface area (Å²) in [4.78, 5) is 0. The molecule has 0 bridgehead atoms. The van der Waals surface area contributed by atoms with Crippen LogP contribution in [0.25, 0.3) is 0 Å². The Morgan fingerprint density at radius 2 is 2.27 bits per heavy atom. The molecule has 3 heteroatoms. The number of hydrogen-bond donors (Lipinski definition) is 0. The summed E-state index contributed by atoms with van der Waals surface area (Å²) >= 11 is 2.05. The summed E-state index contributed by atoms with van der Waals surface area (Å²) in [5.74, 6) is 1.28. The van der Waals surface area contributed by atoms with Crippen LogP contribution in [0.4, 0.5) is 0 Å². The SMILES string of the molecule is CCCCSP(C)CCC#N. The van der Waals surface area contributed by atoms with Crippen molar-refractivity contribution in [1.29, 1.82) is 5.26 Å². The summed E-state index contributed by atoms with van der Waals surface area (Å²) < 4.78 is 0. The van der Waals surface area contributed by atoms with E-state index in [1.807, 2.05) is 0 Å². The van der Waals surface area contributed by atoms with Gasteiger partial charge in [0.2, 0.25) is 0 Å². The highest BCUT2D eigenvalue weighted by Crippen LogP contribution is 2.46. The number of hydrogen-bond acceptors (Lipinski definition) is 2. The molecule has 1 atom stereocenters. The van der Waals surface area contributed by atoms with Crippen molar-refractivity contribution in [3.63, 3.8) is 0 Å². The lowest BCUT2D eigenvalue weighted by molar-refractivity contribution is 0.898. The molecule has 0 radical (unpaired) electrons. The quantitative estimate of drug-likeness (QED) is 0.472. The maximum atomic E-state index is 8.34. The second kappa shape index (κ2) is 8.37. The largest absolute Gasteiger partial charge is 0.198 e. The van der Waals surface area contributed by atoms with Gasteiger partial charge < -0.3 is 0 Å². The van der Waals surface area contributed by atoms with Crippen LogP contribution in [0.3, 0.4) is 0 Å². The van der Waals surface area contributed by atoms with E-state index < -0.39 is 0 Å². The van der Waals surface area contributed by atoms with E-state index in [0.29, 0.717) is 0 Å². The first kappa shape index (κ1) is 11.3. The maximum absolute atomic E-state index is 8.34. The van der Waals surface area contributed by atoms with Gasteiger partial charge >= 0.3 is 0 Å². The predicted octanol–water partition coefficient (Wildman–Crippen LogP) is 3.46. The van der Waals surface area contributed by atoms with Crippen molar-refractivity contribution in [2.45, 2.75) is 26.2 Å². The molecule has 0 N–H and O–H groups in total. The van der Waals surface area contributed by atoms with E-state index in [1.54, 1.807) is 0 Å². The van der Waals surface area contributed by atoms with Crippen molar-refractivity contribution in [3.05, 3.63) is 0 Å². The van der Waals surface area contributed by atoms with Gasteiger partial charge in [0.05, 0.1) is 6.07 Å². The standard InChI is InChI=1S/C8H16NPS/c1-3-4-8-11-10(2)7-5-6-9/h3-5,7-8H2,1-2H3. The molecular weight excluding hydrogens is 173 g/mol. The molecule has 0 spiro atoms. The first-order valence-corrected chi connectivity index (χ1v) is 7.58. The van der Waals surface area contributed by atoms with Gasteiger partial charge in [-0.3, -0.25) is 0 Å². The van der Waals surface area contributed by atoms with Crippen molar-refractivity contribution in [3.8, 4) is 6.07 Å². The summed E-state index contributed by atoms with van der Waals surface area (Å²) in [5.41, 5.74) is 0. The molecule has 0 saturated heterocycles. The molecule has 0 aliphatic rings. The molecule has 0 aliphatic heterocycles. The Kier molecular flexibility index (Phi) is 8.57. The zero-order valence-electron chi connectivity index (χ0n) is 7.34. The summed E-state index contributed by atoms with van der Waals surface area (Å²) in [7, 11) is 0.0961. The normalized spacial score (nSPS) is 12.5. The third-order valence-corrected chi connectivity index (χ3v) is 5.53. The van der Waals surface area contributed by atoms with Gasteiger partial charge in [-0.1, -0.05) is 13.3 Å². The Bertz CT molecular complexity index is 122. The Balaban J connectivity index is 3.10. The molecule has 0 rings (SSSR count). The van der Waals surface area contributed by atoms with Gasteiger partial charge in [0.25, 0.3) is 0 Å². The molecule has 0 saturated carbocycles. The van der Waals surface area contributed by atoms with Crippen LogP contribution < -0.4 is 0 Å². The van der Waals surface area contributed by atoms with Crippen LogP contribution in [0.2, 0.25) is 0 Å². The Labute approximate surface area is 75.1 Å². The van der Waals surface area contributed by atoms with E-state index in [4.69, 9.17) is 5.26 Å². The molecule has 0 heterocycles. The van der Waals surface area contributed by atoms with Gasteiger partial charge in [0, 0.05) is 6.42 Å². The minimum absolute atomic E-state index is 0.0961. The minimum Gasteiger partial charge on any atom is -0.198 e. The van der Waals surface area contributed by atoms with Crippen molar-refractivity contribution in [2.24, 2.45) is 0 Å². The smallest absolute Gasteiger partial charge is 0.0625 e. The molecular formula is C8H16NPS. The van der Waals surface area contributed by atoms with Crippen LogP contribution in [-0.4, -0.2) is 18.6 Å². The van der Waals surface area contributed by atoms with Gasteiger partial charge in [-0.2, -0.15) is 5.26 Å². The average molecular weight is 189 g/mol. The average Bonchev–Trinajstić information content (AvgIpc) is 2.01. The molecule has 0 fully saturated rings. The van der Waals surface area contributed by atoms with Crippen LogP contribution in [0, 0.1) is 11.3 Å². The number of nitriles is 1. The monoisotopic (exact) mass is 189 g/mol. The van der Waals surface area contributed by atoms with Gasteiger partial charge in [0.1, 0.15) is 0 Å². The molecule has 1 unspecified atom stereocenters. The second-order valence-electron chi connectivity index (χ2n) is 2.45. The number of nitrogens with zero attached hydrogens (tertiary/aromatic N) is 1. The van der Waals surface area contributed by atoms with Crippen LogP contribution in [0.15, 0.2) is 0 Å². The van der Waals surface area contributed by atoms with Crippen molar-refractivity contribution >= 4 is 18.5 Å². The Hall–Kier alpha value is 0.270. The number of rotatable bonds is 6. The van der Waals surface area contributed by atoms with Gasteiger partial charge in [-0.15, -0.1) is 11.4 Å². The Morgan fingerprint density at radius 3 is 2.82 bits per heavy atom. The van der Waals surface area contributed by atoms with Crippen LogP contribution >= 0.6 is 18.5 Å². The fourth-order valence-corrected chi connectivity index (χ4v) is 3.89. The predicted molar refractivity (Wildman–Crippen MR) is 55.3 cm³/mol. The van der Waals surface area contributed by atoms with E-state index >= 15 is 0 Å². The molecule has 0 aromatic heterocycles. The van der Waals surface area contributed by atoms with Gasteiger partial charge in [0.15, 0.2) is 0 Å². The topological polar surface area (TPSA) is 23.8 Å². The molecule has 0 amide bonds. The fourth-order valence-electron chi connectivity index (χ4n) is 0.637. The van der Waals surface area contributed by atoms with E-state index in [1.165, 1.54) is 18.6 Å². The van der Waals surface area contributed by atoms with Crippen LogP contribution in [0.1, 0.15) is 26.2 Å². The van der Waals surface area contributed by atoms with Crippen molar-refractivity contribution in [2.75, 3.05) is 18.6 Å². The molecule has 0 aliphatic carbocycles. The van der Waals surface area contributed by atoms with E-state index in [9.17, 15) is 0 Å². The van der Waals surface area contributed by atoms with Crippen LogP contribution in [0.5, 0.6) is 0 Å². The third kappa shape index (κ3) is 8.17. The summed E-state index contributed by atoms with van der Waals surface area (Å²) in [5, 5.41) is 8.34.